The normalized spacial score (nSPS) is 11.6. The molecule has 3 rings (SSSR count). The second-order valence-corrected chi connectivity index (χ2v) is 8.22. The Hall–Kier alpha value is -3.01. The molecule has 0 saturated carbocycles. The molecule has 3 aromatic rings. The van der Waals surface area contributed by atoms with Crippen LogP contribution < -0.4 is 10.1 Å². The minimum atomic E-state index is 0.0117. The predicted octanol–water partition coefficient (Wildman–Crippen LogP) is 8.11. The average molecular weight is 466 g/mol. The van der Waals surface area contributed by atoms with Gasteiger partial charge in [0.25, 0.3) is 0 Å². The number of aryl methyl sites for hydroxylation is 1. The molecule has 0 heterocycles. The first-order valence-corrected chi connectivity index (χ1v) is 11.0. The molecule has 0 fully saturated rings. The maximum absolute atomic E-state index is 11.8. The largest absolute Gasteiger partial charge is 0.488 e. The molecule has 0 saturated heterocycles. The van der Waals surface area contributed by atoms with Crippen molar-refractivity contribution in [1.29, 1.82) is 0 Å². The lowest BCUT2D eigenvalue weighted by Crippen LogP contribution is -2.04. The molecule has 0 aliphatic rings. The Morgan fingerprint density at radius 2 is 1.88 bits per heavy atom. The maximum atomic E-state index is 11.8. The minimum absolute atomic E-state index is 0.0117. The zero-order valence-electron chi connectivity index (χ0n) is 18.3. The van der Waals surface area contributed by atoms with Crippen LogP contribution in [0.4, 0.5) is 5.69 Å². The van der Waals surface area contributed by atoms with E-state index < -0.39 is 0 Å². The van der Waals surface area contributed by atoms with E-state index >= 15 is 0 Å². The molecule has 0 amide bonds. The highest BCUT2D eigenvalue weighted by atomic mass is 35.5. The third-order valence-electron chi connectivity index (χ3n) is 4.85. The molecule has 1 N–H and O–H groups in total. The molecule has 3 nitrogen and oxygen atoms in total. The molecule has 32 heavy (non-hydrogen) atoms. The fourth-order valence-corrected chi connectivity index (χ4v) is 3.45. The lowest BCUT2D eigenvalue weighted by Gasteiger charge is -2.17. The molecular weight excluding hydrogens is 441 g/mol. The summed E-state index contributed by atoms with van der Waals surface area (Å²) in [4.78, 5) is 11.8. The Balaban J connectivity index is 1.94. The molecule has 0 unspecified atom stereocenters. The number of ketones is 1. The maximum Gasteiger partial charge on any atom is 0.159 e. The standard InChI is InChI=1S/C27H25Cl2NO2/c1-4-5-9-26(30-23-8-6-7-21(15-23)19(3)31)24-16-22(28)11-13-27(24)32-17-20-10-12-25(29)18(2)14-20/h4-16,30H,17H2,1-3H3/b5-4+,26-9-. The van der Waals surface area contributed by atoms with Gasteiger partial charge in [0.05, 0.1) is 0 Å². The van der Waals surface area contributed by atoms with Crippen molar-refractivity contribution in [3.8, 4) is 5.75 Å². The van der Waals surface area contributed by atoms with Crippen molar-refractivity contribution in [3.05, 3.63) is 111 Å². The Labute approximate surface area is 199 Å². The van der Waals surface area contributed by atoms with Crippen LogP contribution in [-0.2, 0) is 6.61 Å². The number of rotatable bonds is 8. The summed E-state index contributed by atoms with van der Waals surface area (Å²) in [6.45, 7) is 5.86. The third-order valence-corrected chi connectivity index (χ3v) is 5.51. The van der Waals surface area contributed by atoms with Gasteiger partial charge in [-0.3, -0.25) is 4.79 Å². The zero-order chi connectivity index (χ0) is 23.1. The van der Waals surface area contributed by atoms with Gasteiger partial charge in [-0.15, -0.1) is 0 Å². The number of Topliss-reactive ketones (excluding diaryl/α,β-unsaturated/α-hetero) is 1. The Morgan fingerprint density at radius 3 is 2.59 bits per heavy atom. The highest BCUT2D eigenvalue weighted by Gasteiger charge is 2.12. The number of anilines is 1. The van der Waals surface area contributed by atoms with E-state index in [4.69, 9.17) is 27.9 Å². The summed E-state index contributed by atoms with van der Waals surface area (Å²) in [6.07, 6.45) is 5.82. The Kier molecular flexibility index (Phi) is 8.15. The van der Waals surface area contributed by atoms with Crippen LogP contribution in [0.1, 0.15) is 40.9 Å². The smallest absolute Gasteiger partial charge is 0.159 e. The molecular formula is C27H25Cl2NO2. The van der Waals surface area contributed by atoms with Gasteiger partial charge in [-0.1, -0.05) is 59.6 Å². The lowest BCUT2D eigenvalue weighted by molar-refractivity contribution is 0.101. The van der Waals surface area contributed by atoms with Crippen LogP contribution in [-0.4, -0.2) is 5.78 Å². The van der Waals surface area contributed by atoms with Gasteiger partial charge in [0.1, 0.15) is 12.4 Å². The monoisotopic (exact) mass is 465 g/mol. The summed E-state index contributed by atoms with van der Waals surface area (Å²) in [6, 6.07) is 18.8. The third kappa shape index (κ3) is 6.25. The van der Waals surface area contributed by atoms with Crippen molar-refractivity contribution >= 4 is 40.4 Å². The highest BCUT2D eigenvalue weighted by Crippen LogP contribution is 2.31. The molecule has 164 valence electrons. The van der Waals surface area contributed by atoms with E-state index in [9.17, 15) is 4.79 Å². The van der Waals surface area contributed by atoms with E-state index in [-0.39, 0.29) is 5.78 Å². The van der Waals surface area contributed by atoms with Gasteiger partial charge in [-0.25, -0.2) is 0 Å². The Bertz CT molecular complexity index is 1180. The van der Waals surface area contributed by atoms with Gasteiger partial charge in [0.2, 0.25) is 0 Å². The second-order valence-electron chi connectivity index (χ2n) is 7.38. The fraction of sp³-hybridized carbons (Fsp3) is 0.148. The van der Waals surface area contributed by atoms with Crippen molar-refractivity contribution in [2.45, 2.75) is 27.4 Å². The van der Waals surface area contributed by atoms with Crippen LogP contribution in [0.25, 0.3) is 5.70 Å². The number of halogens is 2. The molecule has 0 bridgehead atoms. The second kappa shape index (κ2) is 11.0. The topological polar surface area (TPSA) is 38.3 Å². The molecule has 0 spiro atoms. The van der Waals surface area contributed by atoms with Gasteiger partial charge in [0, 0.05) is 32.6 Å². The first kappa shape index (κ1) is 23.6. The zero-order valence-corrected chi connectivity index (χ0v) is 19.8. The van der Waals surface area contributed by atoms with Crippen molar-refractivity contribution < 1.29 is 9.53 Å². The van der Waals surface area contributed by atoms with E-state index in [1.54, 1.807) is 19.1 Å². The molecule has 3 aromatic carbocycles. The van der Waals surface area contributed by atoms with E-state index in [1.165, 1.54) is 0 Å². The number of ether oxygens (including phenoxy) is 1. The number of hydrogen-bond acceptors (Lipinski definition) is 3. The van der Waals surface area contributed by atoms with Crippen LogP contribution in [0.15, 0.2) is 78.9 Å². The quantitative estimate of drug-likeness (QED) is 0.269. The van der Waals surface area contributed by atoms with Crippen molar-refractivity contribution in [2.24, 2.45) is 0 Å². The number of allylic oxidation sites excluding steroid dienone is 3. The fourth-order valence-electron chi connectivity index (χ4n) is 3.16. The molecule has 0 radical (unpaired) electrons. The number of carbonyl (C=O) groups excluding carboxylic acids is 1. The van der Waals surface area contributed by atoms with Crippen LogP contribution in [0.2, 0.25) is 10.0 Å². The van der Waals surface area contributed by atoms with E-state index in [0.29, 0.717) is 22.9 Å². The molecule has 0 aliphatic carbocycles. The van der Waals surface area contributed by atoms with Gasteiger partial charge in [-0.2, -0.15) is 0 Å². The van der Waals surface area contributed by atoms with Gasteiger partial charge >= 0.3 is 0 Å². The summed E-state index contributed by atoms with van der Waals surface area (Å²) < 4.78 is 6.17. The minimum Gasteiger partial charge on any atom is -0.488 e. The van der Waals surface area contributed by atoms with E-state index in [2.05, 4.69) is 5.32 Å². The van der Waals surface area contributed by atoms with Crippen LogP contribution in [0.5, 0.6) is 5.75 Å². The predicted molar refractivity (Wildman–Crippen MR) is 135 cm³/mol. The van der Waals surface area contributed by atoms with Gasteiger partial charge in [0.15, 0.2) is 5.78 Å². The first-order chi connectivity index (χ1) is 15.4. The number of carbonyl (C=O) groups is 1. The van der Waals surface area contributed by atoms with Gasteiger partial charge in [-0.05, 0) is 74.4 Å². The summed E-state index contributed by atoms with van der Waals surface area (Å²) in [5.41, 5.74) is 5.08. The van der Waals surface area contributed by atoms with E-state index in [1.807, 2.05) is 80.6 Å². The molecule has 5 heteroatoms. The van der Waals surface area contributed by atoms with Crippen LogP contribution in [0.3, 0.4) is 0 Å². The van der Waals surface area contributed by atoms with Gasteiger partial charge < -0.3 is 10.1 Å². The van der Waals surface area contributed by atoms with Crippen LogP contribution in [0, 0.1) is 6.92 Å². The SMILES string of the molecule is C/C=C/C=C(\Nc1cccc(C(C)=O)c1)c1cc(Cl)ccc1OCc1ccc(Cl)c(C)c1. The first-order valence-electron chi connectivity index (χ1n) is 10.3. The van der Waals surface area contributed by atoms with E-state index in [0.717, 1.165) is 33.1 Å². The summed E-state index contributed by atoms with van der Waals surface area (Å²) >= 11 is 12.5. The summed E-state index contributed by atoms with van der Waals surface area (Å²) in [5.74, 6) is 0.700. The lowest BCUT2D eigenvalue weighted by atomic mass is 10.1. The van der Waals surface area contributed by atoms with Crippen molar-refractivity contribution in [3.63, 3.8) is 0 Å². The number of hydrogen-bond donors (Lipinski definition) is 1. The summed E-state index contributed by atoms with van der Waals surface area (Å²) in [7, 11) is 0. The van der Waals surface area contributed by atoms with Crippen molar-refractivity contribution in [1.82, 2.24) is 0 Å². The molecule has 0 aliphatic heterocycles. The van der Waals surface area contributed by atoms with Crippen LogP contribution >= 0.6 is 23.2 Å². The summed E-state index contributed by atoms with van der Waals surface area (Å²) in [5, 5.41) is 4.74. The molecule has 0 atom stereocenters. The average Bonchev–Trinajstić information content (AvgIpc) is 2.78. The number of nitrogens with one attached hydrogen (secondary N) is 1. The highest BCUT2D eigenvalue weighted by molar-refractivity contribution is 6.31. The van der Waals surface area contributed by atoms with Crippen molar-refractivity contribution in [2.75, 3.05) is 5.32 Å². The number of benzene rings is 3. The Morgan fingerprint density at radius 1 is 1.06 bits per heavy atom. The molecule has 0 aromatic heterocycles.